The summed E-state index contributed by atoms with van der Waals surface area (Å²) in [7, 11) is 0. The highest BCUT2D eigenvalue weighted by Crippen LogP contribution is 2.30. The molecule has 0 aliphatic rings. The lowest BCUT2D eigenvalue weighted by Crippen LogP contribution is -2.30. The first kappa shape index (κ1) is 24.8. The molecule has 10 heteroatoms. The third-order valence-electron chi connectivity index (χ3n) is 4.86. The molecular formula is C23H24BrF3N4O2. The van der Waals surface area contributed by atoms with Crippen LogP contribution in [-0.4, -0.2) is 34.1 Å². The monoisotopic (exact) mass is 524 g/mol. The second-order valence-electron chi connectivity index (χ2n) is 7.80. The Morgan fingerprint density at radius 1 is 1.09 bits per heavy atom. The maximum absolute atomic E-state index is 12.7. The Bertz CT molecular complexity index is 1110. The molecule has 0 fully saturated rings. The van der Waals surface area contributed by atoms with Gasteiger partial charge < -0.3 is 20.5 Å². The fraction of sp³-hybridized carbons (Fsp3) is 0.304. The summed E-state index contributed by atoms with van der Waals surface area (Å²) in [5, 5.41) is 16.0. The number of nitrogens with zero attached hydrogens (tertiary/aromatic N) is 2. The van der Waals surface area contributed by atoms with E-state index in [0.29, 0.717) is 17.1 Å². The molecule has 176 valence electrons. The van der Waals surface area contributed by atoms with Gasteiger partial charge in [0.05, 0.1) is 18.3 Å². The molecule has 0 saturated heterocycles. The first-order valence-electron chi connectivity index (χ1n) is 10.2. The number of aromatic nitrogens is 2. The second kappa shape index (κ2) is 10.4. The van der Waals surface area contributed by atoms with Gasteiger partial charge in [-0.25, -0.2) is 4.98 Å². The number of aryl methyl sites for hydroxylation is 1. The van der Waals surface area contributed by atoms with E-state index < -0.39 is 6.36 Å². The molecule has 1 aromatic heterocycles. The van der Waals surface area contributed by atoms with E-state index in [4.69, 9.17) is 0 Å². The molecule has 2 aromatic carbocycles. The van der Waals surface area contributed by atoms with E-state index in [9.17, 15) is 18.3 Å². The van der Waals surface area contributed by atoms with Crippen LogP contribution >= 0.6 is 15.9 Å². The van der Waals surface area contributed by atoms with Gasteiger partial charge in [-0.15, -0.1) is 13.2 Å². The standard InChI is InChI=1S/C23H24BrF3N4O2/c1-13(2)20(12-32)30-22-29-19(15-5-4-6-17(10-15)33-23(25,26)27)11-21(31-22)28-18-8-7-16(24)9-14(18)3/h4-11,13,20,32H,12H2,1-3H3,(H2,28,29,30,31)/t20-/m1/s1. The van der Waals surface area contributed by atoms with Crippen molar-refractivity contribution in [2.24, 2.45) is 5.92 Å². The number of halogens is 4. The topological polar surface area (TPSA) is 79.3 Å². The van der Waals surface area contributed by atoms with Crippen molar-refractivity contribution < 1.29 is 23.0 Å². The van der Waals surface area contributed by atoms with Crippen LogP contribution in [0.1, 0.15) is 19.4 Å². The number of hydrogen-bond donors (Lipinski definition) is 3. The molecule has 0 aliphatic carbocycles. The Kier molecular flexibility index (Phi) is 7.80. The van der Waals surface area contributed by atoms with Gasteiger partial charge in [-0.1, -0.05) is 41.9 Å². The first-order chi connectivity index (χ1) is 15.5. The minimum atomic E-state index is -4.80. The van der Waals surface area contributed by atoms with Gasteiger partial charge in [-0.3, -0.25) is 0 Å². The third-order valence-corrected chi connectivity index (χ3v) is 5.35. The molecule has 0 bridgehead atoms. The number of hydrogen-bond acceptors (Lipinski definition) is 6. The summed E-state index contributed by atoms with van der Waals surface area (Å²) < 4.78 is 43.0. The molecule has 33 heavy (non-hydrogen) atoms. The van der Waals surface area contributed by atoms with Crippen molar-refractivity contribution in [1.29, 1.82) is 0 Å². The molecule has 3 aromatic rings. The van der Waals surface area contributed by atoms with Crippen molar-refractivity contribution in [3.8, 4) is 17.0 Å². The Morgan fingerprint density at radius 2 is 1.85 bits per heavy atom. The molecule has 3 rings (SSSR count). The van der Waals surface area contributed by atoms with E-state index in [-0.39, 0.29) is 30.3 Å². The van der Waals surface area contributed by atoms with Crippen LogP contribution in [0.4, 0.5) is 30.6 Å². The average Bonchev–Trinajstić information content (AvgIpc) is 2.72. The molecule has 0 spiro atoms. The molecule has 3 N–H and O–H groups in total. The zero-order valence-electron chi connectivity index (χ0n) is 18.2. The van der Waals surface area contributed by atoms with E-state index in [0.717, 1.165) is 15.7 Å². The number of aliphatic hydroxyl groups is 1. The molecular weight excluding hydrogens is 501 g/mol. The summed E-state index contributed by atoms with van der Waals surface area (Å²) in [6.07, 6.45) is -4.80. The van der Waals surface area contributed by atoms with Crippen LogP contribution in [0.2, 0.25) is 0 Å². The van der Waals surface area contributed by atoms with Crippen LogP contribution in [0.3, 0.4) is 0 Å². The van der Waals surface area contributed by atoms with E-state index in [1.807, 2.05) is 39.0 Å². The number of alkyl halides is 3. The third kappa shape index (κ3) is 7.06. The molecule has 1 atom stereocenters. The summed E-state index contributed by atoms with van der Waals surface area (Å²) in [4.78, 5) is 8.97. The summed E-state index contributed by atoms with van der Waals surface area (Å²) in [5.41, 5.74) is 2.58. The SMILES string of the molecule is Cc1cc(Br)ccc1Nc1cc(-c2cccc(OC(F)(F)F)c2)nc(N[C@H](CO)C(C)C)n1. The highest BCUT2D eigenvalue weighted by atomic mass is 79.9. The Labute approximate surface area is 198 Å². The Hall–Kier alpha value is -2.85. The lowest BCUT2D eigenvalue weighted by Gasteiger charge is -2.21. The van der Waals surface area contributed by atoms with E-state index >= 15 is 0 Å². The number of benzene rings is 2. The summed E-state index contributed by atoms with van der Waals surface area (Å²) >= 11 is 3.43. The van der Waals surface area contributed by atoms with Gasteiger partial charge in [-0.2, -0.15) is 4.98 Å². The zero-order valence-corrected chi connectivity index (χ0v) is 19.8. The lowest BCUT2D eigenvalue weighted by atomic mass is 10.1. The fourth-order valence-corrected chi connectivity index (χ4v) is 3.55. The van der Waals surface area contributed by atoms with Gasteiger partial charge in [0.2, 0.25) is 5.95 Å². The summed E-state index contributed by atoms with van der Waals surface area (Å²) in [6.45, 7) is 5.70. The fourth-order valence-electron chi connectivity index (χ4n) is 3.07. The van der Waals surface area contributed by atoms with Crippen LogP contribution in [0.25, 0.3) is 11.3 Å². The van der Waals surface area contributed by atoms with Gasteiger partial charge in [-0.05, 0) is 48.7 Å². The predicted octanol–water partition coefficient (Wildman–Crippen LogP) is 6.29. The minimum absolute atomic E-state index is 0.0934. The molecule has 0 amide bonds. The molecule has 0 radical (unpaired) electrons. The van der Waals surface area contributed by atoms with Crippen LogP contribution in [0.5, 0.6) is 5.75 Å². The smallest absolute Gasteiger partial charge is 0.406 e. The van der Waals surface area contributed by atoms with E-state index in [2.05, 4.69) is 41.3 Å². The highest BCUT2D eigenvalue weighted by molar-refractivity contribution is 9.10. The average molecular weight is 525 g/mol. The first-order valence-corrected chi connectivity index (χ1v) is 11.0. The van der Waals surface area contributed by atoms with Crippen LogP contribution in [0.15, 0.2) is 53.0 Å². The maximum Gasteiger partial charge on any atom is 0.573 e. The molecule has 0 unspecified atom stereocenters. The quantitative estimate of drug-likeness (QED) is 0.321. The van der Waals surface area contributed by atoms with Gasteiger partial charge in [0.15, 0.2) is 0 Å². The molecule has 0 aliphatic heterocycles. The molecule has 1 heterocycles. The van der Waals surface area contributed by atoms with Crippen molar-refractivity contribution in [3.05, 3.63) is 58.6 Å². The predicted molar refractivity (Wildman–Crippen MR) is 126 cm³/mol. The summed E-state index contributed by atoms with van der Waals surface area (Å²) in [6, 6.07) is 12.6. The second-order valence-corrected chi connectivity index (χ2v) is 8.72. The van der Waals surface area contributed by atoms with Crippen molar-refractivity contribution in [3.63, 3.8) is 0 Å². The van der Waals surface area contributed by atoms with Crippen LogP contribution in [-0.2, 0) is 0 Å². The normalized spacial score (nSPS) is 12.5. The van der Waals surface area contributed by atoms with E-state index in [1.54, 1.807) is 12.1 Å². The van der Waals surface area contributed by atoms with Crippen LogP contribution < -0.4 is 15.4 Å². The Balaban J connectivity index is 2.02. The van der Waals surface area contributed by atoms with Gasteiger partial charge in [0.1, 0.15) is 11.6 Å². The van der Waals surface area contributed by atoms with Crippen molar-refractivity contribution in [1.82, 2.24) is 9.97 Å². The number of ether oxygens (including phenoxy) is 1. The van der Waals surface area contributed by atoms with Crippen molar-refractivity contribution in [2.75, 3.05) is 17.2 Å². The lowest BCUT2D eigenvalue weighted by molar-refractivity contribution is -0.274. The maximum atomic E-state index is 12.7. The number of rotatable bonds is 8. The number of anilines is 3. The Morgan fingerprint density at radius 3 is 2.48 bits per heavy atom. The van der Waals surface area contributed by atoms with Crippen molar-refractivity contribution >= 4 is 33.4 Å². The van der Waals surface area contributed by atoms with Gasteiger partial charge >= 0.3 is 6.36 Å². The zero-order chi connectivity index (χ0) is 24.2. The van der Waals surface area contributed by atoms with Crippen molar-refractivity contribution in [2.45, 2.75) is 33.2 Å². The van der Waals surface area contributed by atoms with E-state index in [1.165, 1.54) is 18.2 Å². The molecule has 6 nitrogen and oxygen atoms in total. The van der Waals surface area contributed by atoms with Gasteiger partial charge in [0, 0.05) is 21.8 Å². The largest absolute Gasteiger partial charge is 0.573 e. The highest BCUT2D eigenvalue weighted by Gasteiger charge is 2.31. The molecule has 0 saturated carbocycles. The number of aliphatic hydroxyl groups excluding tert-OH is 1. The minimum Gasteiger partial charge on any atom is -0.406 e. The van der Waals surface area contributed by atoms with Crippen LogP contribution in [0, 0.1) is 12.8 Å². The number of nitrogens with one attached hydrogen (secondary N) is 2. The van der Waals surface area contributed by atoms with Gasteiger partial charge in [0.25, 0.3) is 0 Å². The summed E-state index contributed by atoms with van der Waals surface area (Å²) in [5.74, 6) is 0.424.